The van der Waals surface area contributed by atoms with E-state index in [1.54, 1.807) is 0 Å². The van der Waals surface area contributed by atoms with Crippen molar-refractivity contribution in [3.8, 4) is 0 Å². The Balaban J connectivity index is 1.44. The SMILES string of the molecule is O=C(NCCCc1ccccc1)N1CCCC12CCCC2. The molecule has 1 spiro atoms. The molecule has 1 aliphatic heterocycles. The van der Waals surface area contributed by atoms with Gasteiger partial charge in [-0.2, -0.15) is 0 Å². The molecular weight excluding hydrogens is 260 g/mol. The van der Waals surface area contributed by atoms with Gasteiger partial charge in [0.05, 0.1) is 0 Å². The van der Waals surface area contributed by atoms with E-state index in [0.717, 1.165) is 25.9 Å². The van der Waals surface area contributed by atoms with Gasteiger partial charge in [0.1, 0.15) is 0 Å². The number of carbonyl (C=O) groups is 1. The number of hydrogen-bond acceptors (Lipinski definition) is 1. The van der Waals surface area contributed by atoms with Crippen molar-refractivity contribution in [3.63, 3.8) is 0 Å². The molecule has 1 saturated heterocycles. The number of nitrogens with zero attached hydrogens (tertiary/aromatic N) is 1. The van der Waals surface area contributed by atoms with Crippen LogP contribution >= 0.6 is 0 Å². The molecule has 2 amide bonds. The van der Waals surface area contributed by atoms with Crippen molar-refractivity contribution in [1.82, 2.24) is 10.2 Å². The number of aryl methyl sites for hydroxylation is 1. The molecule has 1 heterocycles. The summed E-state index contributed by atoms with van der Waals surface area (Å²) in [5.74, 6) is 0. The van der Waals surface area contributed by atoms with Gasteiger partial charge in [0.15, 0.2) is 0 Å². The number of rotatable bonds is 4. The van der Waals surface area contributed by atoms with Crippen LogP contribution in [0.3, 0.4) is 0 Å². The number of carbonyl (C=O) groups excluding carboxylic acids is 1. The van der Waals surface area contributed by atoms with Crippen LogP contribution in [-0.4, -0.2) is 29.6 Å². The van der Waals surface area contributed by atoms with Crippen molar-refractivity contribution in [2.45, 2.75) is 56.9 Å². The van der Waals surface area contributed by atoms with Crippen molar-refractivity contribution in [2.75, 3.05) is 13.1 Å². The summed E-state index contributed by atoms with van der Waals surface area (Å²) in [5.41, 5.74) is 1.56. The van der Waals surface area contributed by atoms with Crippen molar-refractivity contribution >= 4 is 6.03 Å². The van der Waals surface area contributed by atoms with Crippen LogP contribution in [-0.2, 0) is 6.42 Å². The third-order valence-electron chi connectivity index (χ3n) is 5.14. The third-order valence-corrected chi connectivity index (χ3v) is 5.14. The van der Waals surface area contributed by atoms with Crippen molar-refractivity contribution in [2.24, 2.45) is 0 Å². The lowest BCUT2D eigenvalue weighted by Gasteiger charge is -2.35. The van der Waals surface area contributed by atoms with Gasteiger partial charge in [-0.25, -0.2) is 4.79 Å². The molecular formula is C18H26N2O. The van der Waals surface area contributed by atoms with Crippen LogP contribution in [0.25, 0.3) is 0 Å². The average molecular weight is 286 g/mol. The molecule has 0 aromatic heterocycles. The van der Waals surface area contributed by atoms with E-state index in [1.807, 2.05) is 6.07 Å². The summed E-state index contributed by atoms with van der Waals surface area (Å²) in [6.45, 7) is 1.73. The summed E-state index contributed by atoms with van der Waals surface area (Å²) < 4.78 is 0. The third kappa shape index (κ3) is 3.22. The lowest BCUT2D eigenvalue weighted by molar-refractivity contribution is 0.148. The number of nitrogens with one attached hydrogen (secondary N) is 1. The Labute approximate surface area is 127 Å². The standard InChI is InChI=1S/C18H26N2O/c21-17(19-14-6-10-16-8-2-1-3-9-16)20-15-7-13-18(20)11-4-5-12-18/h1-3,8-9H,4-7,10-15H2,(H,19,21). The Kier molecular flexibility index (Phi) is 4.47. The summed E-state index contributed by atoms with van der Waals surface area (Å²) in [4.78, 5) is 14.6. The zero-order valence-electron chi connectivity index (χ0n) is 12.8. The molecule has 3 rings (SSSR count). The summed E-state index contributed by atoms with van der Waals surface area (Å²) >= 11 is 0. The van der Waals surface area contributed by atoms with Gasteiger partial charge in [-0.15, -0.1) is 0 Å². The smallest absolute Gasteiger partial charge is 0.317 e. The predicted octanol–water partition coefficient (Wildman–Crippen LogP) is 3.74. The number of hydrogen-bond donors (Lipinski definition) is 1. The molecule has 21 heavy (non-hydrogen) atoms. The number of likely N-dealkylation sites (tertiary alicyclic amines) is 1. The molecule has 1 aromatic rings. The lowest BCUT2D eigenvalue weighted by atomic mass is 9.94. The minimum absolute atomic E-state index is 0.169. The molecule has 1 saturated carbocycles. The fourth-order valence-corrected chi connectivity index (χ4v) is 4.04. The Bertz CT molecular complexity index is 460. The first kappa shape index (κ1) is 14.4. The summed E-state index contributed by atoms with van der Waals surface area (Å²) in [7, 11) is 0. The molecule has 0 atom stereocenters. The maximum atomic E-state index is 12.4. The number of benzene rings is 1. The van der Waals surface area contributed by atoms with Crippen molar-refractivity contribution in [3.05, 3.63) is 35.9 Å². The van der Waals surface area contributed by atoms with Gasteiger partial charge in [0.25, 0.3) is 0 Å². The van der Waals surface area contributed by atoms with Crippen LogP contribution in [0.15, 0.2) is 30.3 Å². The Hall–Kier alpha value is -1.51. The highest BCUT2D eigenvalue weighted by atomic mass is 16.2. The molecule has 1 aliphatic carbocycles. The lowest BCUT2D eigenvalue weighted by Crippen LogP contribution is -2.50. The van der Waals surface area contributed by atoms with Crippen LogP contribution in [0.1, 0.15) is 50.5 Å². The second kappa shape index (κ2) is 6.50. The molecule has 1 aromatic carbocycles. The van der Waals surface area contributed by atoms with Gasteiger partial charge in [0, 0.05) is 18.6 Å². The molecule has 2 aliphatic rings. The van der Waals surface area contributed by atoms with Crippen LogP contribution in [0.2, 0.25) is 0 Å². The van der Waals surface area contributed by atoms with Crippen LogP contribution in [0.5, 0.6) is 0 Å². The average Bonchev–Trinajstić information content (AvgIpc) is 3.15. The predicted molar refractivity (Wildman–Crippen MR) is 85.3 cm³/mol. The Morgan fingerprint density at radius 2 is 1.81 bits per heavy atom. The highest BCUT2D eigenvalue weighted by molar-refractivity contribution is 5.75. The van der Waals surface area contributed by atoms with E-state index in [4.69, 9.17) is 0 Å². The van der Waals surface area contributed by atoms with Crippen LogP contribution in [0.4, 0.5) is 4.79 Å². The highest BCUT2D eigenvalue weighted by Gasteiger charge is 2.45. The molecule has 2 fully saturated rings. The van der Waals surface area contributed by atoms with Crippen LogP contribution < -0.4 is 5.32 Å². The maximum absolute atomic E-state index is 12.4. The second-order valence-corrected chi connectivity index (χ2v) is 6.51. The van der Waals surface area contributed by atoms with E-state index in [0.29, 0.717) is 0 Å². The van der Waals surface area contributed by atoms with E-state index >= 15 is 0 Å². The van der Waals surface area contributed by atoms with Crippen LogP contribution in [0, 0.1) is 0 Å². The molecule has 3 heteroatoms. The second-order valence-electron chi connectivity index (χ2n) is 6.51. The van der Waals surface area contributed by atoms with Gasteiger partial charge in [-0.1, -0.05) is 43.2 Å². The molecule has 3 nitrogen and oxygen atoms in total. The van der Waals surface area contributed by atoms with Crippen molar-refractivity contribution in [1.29, 1.82) is 0 Å². The van der Waals surface area contributed by atoms with E-state index in [9.17, 15) is 4.79 Å². The molecule has 0 radical (unpaired) electrons. The molecule has 114 valence electrons. The van der Waals surface area contributed by atoms with Gasteiger partial charge in [-0.3, -0.25) is 0 Å². The summed E-state index contributed by atoms with van der Waals surface area (Å²) in [5, 5.41) is 3.13. The quantitative estimate of drug-likeness (QED) is 0.840. The maximum Gasteiger partial charge on any atom is 0.317 e. The largest absolute Gasteiger partial charge is 0.338 e. The zero-order valence-corrected chi connectivity index (χ0v) is 12.8. The number of urea groups is 1. The minimum Gasteiger partial charge on any atom is -0.338 e. The minimum atomic E-state index is 0.169. The van der Waals surface area contributed by atoms with E-state index in [2.05, 4.69) is 34.5 Å². The Morgan fingerprint density at radius 1 is 1.10 bits per heavy atom. The van der Waals surface area contributed by atoms with E-state index < -0.39 is 0 Å². The van der Waals surface area contributed by atoms with E-state index in [1.165, 1.54) is 44.1 Å². The normalized spacial score (nSPS) is 20.1. The topological polar surface area (TPSA) is 32.3 Å². The van der Waals surface area contributed by atoms with Gasteiger partial charge in [-0.05, 0) is 44.1 Å². The summed E-state index contributed by atoms with van der Waals surface area (Å²) in [6.07, 6.45) is 9.44. The number of amides is 2. The van der Waals surface area contributed by atoms with Crippen molar-refractivity contribution < 1.29 is 4.79 Å². The first-order valence-electron chi connectivity index (χ1n) is 8.40. The first-order valence-corrected chi connectivity index (χ1v) is 8.40. The van der Waals surface area contributed by atoms with E-state index in [-0.39, 0.29) is 11.6 Å². The van der Waals surface area contributed by atoms with Gasteiger partial charge in [0.2, 0.25) is 0 Å². The fraction of sp³-hybridized carbons (Fsp3) is 0.611. The highest BCUT2D eigenvalue weighted by Crippen LogP contribution is 2.42. The molecule has 0 unspecified atom stereocenters. The van der Waals surface area contributed by atoms with Gasteiger partial charge < -0.3 is 10.2 Å². The first-order chi connectivity index (χ1) is 10.3. The Morgan fingerprint density at radius 3 is 2.57 bits per heavy atom. The molecule has 1 N–H and O–H groups in total. The fourth-order valence-electron chi connectivity index (χ4n) is 4.04. The zero-order chi connectivity index (χ0) is 14.5. The summed E-state index contributed by atoms with van der Waals surface area (Å²) in [6, 6.07) is 10.7. The molecule has 0 bridgehead atoms. The monoisotopic (exact) mass is 286 g/mol. The van der Waals surface area contributed by atoms with Gasteiger partial charge >= 0.3 is 6.03 Å².